The van der Waals surface area contributed by atoms with Gasteiger partial charge in [-0.15, -0.1) is 0 Å². The molecule has 0 spiro atoms. The molecule has 0 aromatic carbocycles. The fourth-order valence-corrected chi connectivity index (χ4v) is 2.14. The zero-order valence-corrected chi connectivity index (χ0v) is 9.58. The zero-order valence-electron chi connectivity index (χ0n) is 9.58. The summed E-state index contributed by atoms with van der Waals surface area (Å²) in [6.45, 7) is 5.54. The first-order valence-electron chi connectivity index (χ1n) is 5.25. The molecule has 0 heterocycles. The summed E-state index contributed by atoms with van der Waals surface area (Å²) >= 11 is 0. The Hall–Kier alpha value is -0.120. The van der Waals surface area contributed by atoms with E-state index in [0.29, 0.717) is 6.42 Å². The largest absolute Gasteiger partial charge is 0.390 e. The lowest BCUT2D eigenvalue weighted by atomic mass is 9.72. The van der Waals surface area contributed by atoms with Crippen LogP contribution >= 0.6 is 0 Å². The van der Waals surface area contributed by atoms with Gasteiger partial charge in [0.15, 0.2) is 0 Å². The van der Waals surface area contributed by atoms with Crippen LogP contribution in [-0.4, -0.2) is 34.6 Å². The Morgan fingerprint density at radius 2 is 2.00 bits per heavy atom. The molecule has 0 bridgehead atoms. The van der Waals surface area contributed by atoms with Crippen molar-refractivity contribution in [2.75, 3.05) is 7.11 Å². The van der Waals surface area contributed by atoms with E-state index in [4.69, 9.17) is 4.74 Å². The molecular formula is C11H22O3. The van der Waals surface area contributed by atoms with E-state index in [1.807, 2.05) is 6.92 Å². The van der Waals surface area contributed by atoms with Gasteiger partial charge in [-0.1, -0.05) is 0 Å². The average Bonchev–Trinajstić information content (AvgIpc) is 2.08. The lowest BCUT2D eigenvalue weighted by Gasteiger charge is -2.44. The summed E-state index contributed by atoms with van der Waals surface area (Å²) < 4.78 is 5.32. The number of hydrogen-bond acceptors (Lipinski definition) is 3. The summed E-state index contributed by atoms with van der Waals surface area (Å²) in [5, 5.41) is 19.8. The molecular weight excluding hydrogens is 180 g/mol. The number of aliphatic hydroxyl groups excluding tert-OH is 1. The van der Waals surface area contributed by atoms with E-state index in [-0.39, 0.29) is 5.92 Å². The third kappa shape index (κ3) is 2.27. The van der Waals surface area contributed by atoms with Crippen molar-refractivity contribution in [3.05, 3.63) is 0 Å². The lowest BCUT2D eigenvalue weighted by molar-refractivity contribution is -0.143. The van der Waals surface area contributed by atoms with Gasteiger partial charge < -0.3 is 14.9 Å². The topological polar surface area (TPSA) is 49.7 Å². The highest BCUT2D eigenvalue weighted by molar-refractivity contribution is 4.94. The first kappa shape index (κ1) is 12.0. The molecule has 1 fully saturated rings. The molecule has 0 aliphatic heterocycles. The van der Waals surface area contributed by atoms with Gasteiger partial charge in [-0.3, -0.25) is 0 Å². The number of methoxy groups -OCH3 is 1. The van der Waals surface area contributed by atoms with Gasteiger partial charge in [0.25, 0.3) is 0 Å². The van der Waals surface area contributed by atoms with Crippen molar-refractivity contribution in [3.8, 4) is 0 Å². The van der Waals surface area contributed by atoms with E-state index in [9.17, 15) is 10.2 Å². The van der Waals surface area contributed by atoms with E-state index in [2.05, 4.69) is 0 Å². The molecule has 1 aliphatic rings. The predicted octanol–water partition coefficient (Wildman–Crippen LogP) is 1.32. The molecule has 14 heavy (non-hydrogen) atoms. The van der Waals surface area contributed by atoms with Crippen LogP contribution in [0.3, 0.4) is 0 Å². The number of hydrogen-bond donors (Lipinski definition) is 2. The van der Waals surface area contributed by atoms with Crippen molar-refractivity contribution in [3.63, 3.8) is 0 Å². The van der Waals surface area contributed by atoms with E-state index in [0.717, 1.165) is 12.8 Å². The molecule has 1 rings (SSSR count). The number of ether oxygens (including phenoxy) is 1. The van der Waals surface area contributed by atoms with Crippen LogP contribution in [0, 0.1) is 5.92 Å². The fraction of sp³-hybridized carbons (Fsp3) is 1.00. The first-order chi connectivity index (χ1) is 6.29. The van der Waals surface area contributed by atoms with Crippen molar-refractivity contribution in [2.45, 2.75) is 57.3 Å². The summed E-state index contributed by atoms with van der Waals surface area (Å²) in [5.74, 6) is 0.167. The minimum atomic E-state index is -0.698. The molecule has 3 heteroatoms. The standard InChI is InChI=1S/C11H22O3/c1-10(2,13)8-5-6-11(3,14-4)9(12)7-8/h8-9,12-13H,5-7H2,1-4H3/t8-,9+,11+/m0/s1. The Kier molecular flexibility index (Phi) is 3.24. The van der Waals surface area contributed by atoms with Crippen LogP contribution in [0.15, 0.2) is 0 Å². The predicted molar refractivity (Wildman–Crippen MR) is 55.1 cm³/mol. The molecule has 1 aliphatic carbocycles. The Balaban J connectivity index is 2.64. The second-order valence-electron chi connectivity index (χ2n) is 5.16. The van der Waals surface area contributed by atoms with Crippen LogP contribution < -0.4 is 0 Å². The van der Waals surface area contributed by atoms with E-state index in [1.165, 1.54) is 0 Å². The first-order valence-corrected chi connectivity index (χ1v) is 5.25. The maximum absolute atomic E-state index is 9.93. The van der Waals surface area contributed by atoms with Gasteiger partial charge in [-0.05, 0) is 46.0 Å². The molecule has 3 atom stereocenters. The third-order valence-electron chi connectivity index (χ3n) is 3.67. The minimum Gasteiger partial charge on any atom is -0.390 e. The molecule has 3 nitrogen and oxygen atoms in total. The van der Waals surface area contributed by atoms with E-state index < -0.39 is 17.3 Å². The van der Waals surface area contributed by atoms with Crippen LogP contribution in [-0.2, 0) is 4.74 Å². The molecule has 2 N–H and O–H groups in total. The van der Waals surface area contributed by atoms with Crippen molar-refractivity contribution in [1.82, 2.24) is 0 Å². The highest BCUT2D eigenvalue weighted by Crippen LogP contribution is 2.39. The summed E-state index contributed by atoms with van der Waals surface area (Å²) in [7, 11) is 1.63. The van der Waals surface area contributed by atoms with Crippen molar-refractivity contribution in [1.29, 1.82) is 0 Å². The van der Waals surface area contributed by atoms with Gasteiger partial charge in [0.1, 0.15) is 0 Å². The molecule has 1 saturated carbocycles. The molecule has 0 aromatic heterocycles. The highest BCUT2D eigenvalue weighted by atomic mass is 16.5. The summed E-state index contributed by atoms with van der Waals surface area (Å²) in [5.41, 5.74) is -1.13. The second kappa shape index (κ2) is 3.80. The van der Waals surface area contributed by atoms with Gasteiger partial charge in [-0.2, -0.15) is 0 Å². The minimum absolute atomic E-state index is 0.167. The van der Waals surface area contributed by atoms with Crippen LogP contribution in [0.25, 0.3) is 0 Å². The van der Waals surface area contributed by atoms with Crippen molar-refractivity contribution in [2.24, 2.45) is 5.92 Å². The maximum Gasteiger partial charge on any atom is 0.0908 e. The molecule has 0 radical (unpaired) electrons. The normalized spacial score (nSPS) is 39.9. The Morgan fingerprint density at radius 1 is 1.43 bits per heavy atom. The van der Waals surface area contributed by atoms with Gasteiger partial charge in [0.2, 0.25) is 0 Å². The SMILES string of the molecule is CO[C@]1(C)CC[C@H](C(C)(C)O)C[C@H]1O. The summed E-state index contributed by atoms with van der Waals surface area (Å²) in [4.78, 5) is 0. The second-order valence-corrected chi connectivity index (χ2v) is 5.16. The molecule has 0 saturated heterocycles. The van der Waals surface area contributed by atoms with Crippen LogP contribution in [0.1, 0.15) is 40.0 Å². The van der Waals surface area contributed by atoms with Gasteiger partial charge in [0.05, 0.1) is 17.3 Å². The fourth-order valence-electron chi connectivity index (χ4n) is 2.14. The lowest BCUT2D eigenvalue weighted by Crippen LogP contribution is -2.49. The number of aliphatic hydroxyl groups is 2. The zero-order chi connectivity index (χ0) is 11.0. The Labute approximate surface area is 86.1 Å². The van der Waals surface area contributed by atoms with Crippen LogP contribution in [0.2, 0.25) is 0 Å². The van der Waals surface area contributed by atoms with Crippen LogP contribution in [0.4, 0.5) is 0 Å². The quantitative estimate of drug-likeness (QED) is 0.710. The Morgan fingerprint density at radius 3 is 2.36 bits per heavy atom. The third-order valence-corrected chi connectivity index (χ3v) is 3.67. The maximum atomic E-state index is 9.93. The van der Waals surface area contributed by atoms with E-state index in [1.54, 1.807) is 21.0 Å². The molecule has 0 aromatic rings. The van der Waals surface area contributed by atoms with Gasteiger partial charge in [0, 0.05) is 7.11 Å². The number of rotatable bonds is 2. The monoisotopic (exact) mass is 202 g/mol. The smallest absolute Gasteiger partial charge is 0.0908 e. The summed E-state index contributed by atoms with van der Waals surface area (Å²) in [6.07, 6.45) is 1.86. The Bertz CT molecular complexity index is 197. The van der Waals surface area contributed by atoms with Crippen molar-refractivity contribution < 1.29 is 14.9 Å². The highest BCUT2D eigenvalue weighted by Gasteiger charge is 2.43. The van der Waals surface area contributed by atoms with E-state index >= 15 is 0 Å². The van der Waals surface area contributed by atoms with Gasteiger partial charge >= 0.3 is 0 Å². The summed E-state index contributed by atoms with van der Waals surface area (Å²) in [6, 6.07) is 0. The van der Waals surface area contributed by atoms with Crippen molar-refractivity contribution >= 4 is 0 Å². The molecule has 84 valence electrons. The molecule has 0 unspecified atom stereocenters. The average molecular weight is 202 g/mol. The molecule has 0 amide bonds. The van der Waals surface area contributed by atoms with Gasteiger partial charge in [-0.25, -0.2) is 0 Å². The van der Waals surface area contributed by atoms with Crippen LogP contribution in [0.5, 0.6) is 0 Å².